The van der Waals surface area contributed by atoms with Crippen LogP contribution in [-0.4, -0.2) is 4.57 Å². The fourth-order valence-corrected chi connectivity index (χ4v) is 11.8. The van der Waals surface area contributed by atoms with Gasteiger partial charge in [-0.05, 0) is 128 Å². The van der Waals surface area contributed by atoms with Gasteiger partial charge in [-0.25, -0.2) is 0 Å². The van der Waals surface area contributed by atoms with Gasteiger partial charge in [-0.1, -0.05) is 182 Å². The molecule has 66 heavy (non-hydrogen) atoms. The lowest BCUT2D eigenvalue weighted by molar-refractivity contribution is 0.716. The van der Waals surface area contributed by atoms with Gasteiger partial charge >= 0.3 is 0 Å². The molecule has 0 spiro atoms. The summed E-state index contributed by atoms with van der Waals surface area (Å²) in [5, 5.41) is 7.48. The molecule has 0 N–H and O–H groups in total. The van der Waals surface area contributed by atoms with Crippen molar-refractivity contribution in [3.63, 3.8) is 0 Å². The van der Waals surface area contributed by atoms with Crippen LogP contribution >= 0.6 is 0 Å². The molecule has 2 heterocycles. The summed E-state index contributed by atoms with van der Waals surface area (Å²) in [7, 11) is 0. The Morgan fingerprint density at radius 3 is 1.89 bits per heavy atom. The maximum absolute atomic E-state index is 2.59. The van der Waals surface area contributed by atoms with E-state index in [0.29, 0.717) is 0 Å². The molecule has 14 rings (SSSR count). The average molecular weight is 839 g/mol. The smallest absolute Gasteiger partial charge is 0.0629 e. The summed E-state index contributed by atoms with van der Waals surface area (Å²) in [6.45, 7) is 2.48. The third-order valence-electron chi connectivity index (χ3n) is 14.8. The molecule has 0 amide bonds. The zero-order chi connectivity index (χ0) is 43.5. The monoisotopic (exact) mass is 838 g/mol. The number of para-hydroxylation sites is 3. The van der Waals surface area contributed by atoms with Crippen molar-refractivity contribution in [2.24, 2.45) is 0 Å². The molecule has 308 valence electrons. The second-order valence-electron chi connectivity index (χ2n) is 18.1. The van der Waals surface area contributed by atoms with Crippen LogP contribution in [0.15, 0.2) is 237 Å². The minimum Gasteiger partial charge on any atom is -0.310 e. The standard InChI is InChI=1S/C64H42N2/c1-64(45-36-33-42-19-8-9-20-44(42)39-45)55-29-15-28-52-51-23-10-12-30-58(51)66-59-31-13-11-24-53(59)60-54(40-56(64)62(61(52)55)63(60)66)49-25-14-27-50-48(49)26-16-32-57(50)65(46-21-6-3-7-22-46)47-37-34-43(35-38-47)41-17-4-2-5-18-41/h2-40H,1H3. The van der Waals surface area contributed by atoms with E-state index in [-0.39, 0.29) is 0 Å². The Bertz CT molecular complexity index is 3940. The Hall–Kier alpha value is -8.46. The van der Waals surface area contributed by atoms with Gasteiger partial charge in [0.25, 0.3) is 0 Å². The Balaban J connectivity index is 1.08. The number of hydrogen-bond donors (Lipinski definition) is 0. The molecule has 11 aromatic carbocycles. The van der Waals surface area contributed by atoms with Crippen molar-refractivity contribution in [2.75, 3.05) is 4.90 Å². The van der Waals surface area contributed by atoms with Crippen molar-refractivity contribution >= 4 is 60.4 Å². The SMILES string of the molecule is CC1(c2ccc3ccccc3c2)c2cccc3c2-c2c1cc(-c1cccc4c(N(c5ccccc5)c5ccc(-c6ccccc6)cc5)cccc14)c1c4ccccc4n(c21)-c1ccccc1-3. The lowest BCUT2D eigenvalue weighted by Gasteiger charge is -2.30. The lowest BCUT2D eigenvalue weighted by Crippen LogP contribution is -2.22. The van der Waals surface area contributed by atoms with Crippen LogP contribution in [0.5, 0.6) is 0 Å². The third kappa shape index (κ3) is 5.13. The second kappa shape index (κ2) is 14.0. The Labute approximate surface area is 383 Å². The number of anilines is 3. The summed E-state index contributed by atoms with van der Waals surface area (Å²) in [6.07, 6.45) is 0. The van der Waals surface area contributed by atoms with Crippen LogP contribution in [0.25, 0.3) is 93.5 Å². The van der Waals surface area contributed by atoms with Crippen molar-refractivity contribution in [1.82, 2.24) is 4.57 Å². The first kappa shape index (κ1) is 37.0. The molecular formula is C64H42N2. The first-order valence-electron chi connectivity index (χ1n) is 23.0. The highest BCUT2D eigenvalue weighted by atomic mass is 15.1. The molecule has 1 unspecified atom stereocenters. The van der Waals surface area contributed by atoms with Gasteiger partial charge in [0.2, 0.25) is 0 Å². The molecular weight excluding hydrogens is 797 g/mol. The third-order valence-corrected chi connectivity index (χ3v) is 14.8. The maximum Gasteiger partial charge on any atom is 0.0629 e. The molecule has 0 bridgehead atoms. The van der Waals surface area contributed by atoms with Gasteiger partial charge in [-0.15, -0.1) is 0 Å². The van der Waals surface area contributed by atoms with Gasteiger partial charge in [0, 0.05) is 44.1 Å². The van der Waals surface area contributed by atoms with Gasteiger partial charge in [-0.3, -0.25) is 0 Å². The number of rotatable bonds is 6. The van der Waals surface area contributed by atoms with Crippen LogP contribution in [0, 0.1) is 0 Å². The number of aromatic nitrogens is 1. The topological polar surface area (TPSA) is 8.17 Å². The quantitative estimate of drug-likeness (QED) is 0.162. The summed E-state index contributed by atoms with van der Waals surface area (Å²) in [5.41, 5.74) is 20.8. The Kier molecular flexibility index (Phi) is 7.85. The van der Waals surface area contributed by atoms with E-state index < -0.39 is 5.41 Å². The van der Waals surface area contributed by atoms with Gasteiger partial charge in [0.1, 0.15) is 0 Å². The molecule has 2 aliphatic rings. The summed E-state index contributed by atoms with van der Waals surface area (Å²) in [5.74, 6) is 0. The van der Waals surface area contributed by atoms with Crippen molar-refractivity contribution < 1.29 is 0 Å². The largest absolute Gasteiger partial charge is 0.310 e. The van der Waals surface area contributed by atoms with Crippen LogP contribution in [0.2, 0.25) is 0 Å². The minimum atomic E-state index is -0.438. The van der Waals surface area contributed by atoms with Crippen molar-refractivity contribution in [1.29, 1.82) is 0 Å². The number of benzene rings is 11. The van der Waals surface area contributed by atoms with Crippen LogP contribution in [0.1, 0.15) is 23.6 Å². The minimum absolute atomic E-state index is 0.438. The Morgan fingerprint density at radius 1 is 0.394 bits per heavy atom. The van der Waals surface area contributed by atoms with Crippen LogP contribution < -0.4 is 4.90 Å². The van der Waals surface area contributed by atoms with Crippen molar-refractivity contribution in [3.05, 3.63) is 253 Å². The summed E-state index contributed by atoms with van der Waals surface area (Å²) in [6, 6.07) is 87.8. The zero-order valence-electron chi connectivity index (χ0n) is 36.4. The van der Waals surface area contributed by atoms with Crippen LogP contribution in [-0.2, 0) is 5.41 Å². The van der Waals surface area contributed by atoms with E-state index in [1.54, 1.807) is 0 Å². The van der Waals surface area contributed by atoms with E-state index in [1.807, 2.05) is 0 Å². The van der Waals surface area contributed by atoms with E-state index in [1.165, 1.54) is 110 Å². The highest BCUT2D eigenvalue weighted by Gasteiger charge is 2.45. The molecule has 12 aromatic rings. The molecule has 1 aliphatic heterocycles. The predicted molar refractivity (Wildman–Crippen MR) is 278 cm³/mol. The van der Waals surface area contributed by atoms with Crippen molar-refractivity contribution in [2.45, 2.75) is 12.3 Å². The van der Waals surface area contributed by atoms with Gasteiger partial charge in [-0.2, -0.15) is 0 Å². The van der Waals surface area contributed by atoms with E-state index in [4.69, 9.17) is 0 Å². The Morgan fingerprint density at radius 2 is 1.03 bits per heavy atom. The number of nitrogens with zero attached hydrogens (tertiary/aromatic N) is 2. The molecule has 1 atom stereocenters. The fourth-order valence-electron chi connectivity index (χ4n) is 11.8. The lowest BCUT2D eigenvalue weighted by atomic mass is 9.72. The molecule has 2 heteroatoms. The molecule has 0 fully saturated rings. The first-order chi connectivity index (χ1) is 32.6. The first-order valence-corrected chi connectivity index (χ1v) is 23.0. The molecule has 0 saturated heterocycles. The highest BCUT2D eigenvalue weighted by molar-refractivity contribution is 6.25. The molecule has 0 radical (unpaired) electrons. The molecule has 0 saturated carbocycles. The van der Waals surface area contributed by atoms with Gasteiger partial charge in [0.05, 0.1) is 22.4 Å². The summed E-state index contributed by atoms with van der Waals surface area (Å²) in [4.78, 5) is 2.42. The van der Waals surface area contributed by atoms with E-state index >= 15 is 0 Å². The maximum atomic E-state index is 2.59. The summed E-state index contributed by atoms with van der Waals surface area (Å²) >= 11 is 0. The zero-order valence-corrected chi connectivity index (χ0v) is 36.4. The normalized spacial score (nSPS) is 14.5. The van der Waals surface area contributed by atoms with Gasteiger partial charge < -0.3 is 9.47 Å². The van der Waals surface area contributed by atoms with E-state index in [0.717, 1.165) is 17.1 Å². The predicted octanol–water partition coefficient (Wildman–Crippen LogP) is 17.2. The number of hydrogen-bond acceptors (Lipinski definition) is 1. The van der Waals surface area contributed by atoms with Crippen LogP contribution in [0.3, 0.4) is 0 Å². The highest BCUT2D eigenvalue weighted by Crippen LogP contribution is 2.62. The van der Waals surface area contributed by atoms with Gasteiger partial charge in [0.15, 0.2) is 0 Å². The fraction of sp³-hybridized carbons (Fsp3) is 0.0312. The van der Waals surface area contributed by atoms with Crippen molar-refractivity contribution in [3.8, 4) is 50.2 Å². The van der Waals surface area contributed by atoms with Crippen LogP contribution in [0.4, 0.5) is 17.1 Å². The van der Waals surface area contributed by atoms with E-state index in [9.17, 15) is 0 Å². The number of fused-ring (bicyclic) bond motifs is 8. The summed E-state index contributed by atoms with van der Waals surface area (Å²) < 4.78 is 2.59. The molecule has 1 aromatic heterocycles. The molecule has 2 nitrogen and oxygen atoms in total. The second-order valence-corrected chi connectivity index (χ2v) is 18.1. The molecule has 1 aliphatic carbocycles. The average Bonchev–Trinajstić information content (AvgIpc) is 3.82. The van der Waals surface area contributed by atoms with E-state index in [2.05, 4.69) is 253 Å².